The van der Waals surface area contributed by atoms with E-state index in [-0.39, 0.29) is 6.79 Å². The van der Waals surface area contributed by atoms with Crippen LogP contribution in [0.2, 0.25) is 0 Å². The molecule has 0 radical (unpaired) electrons. The maximum Gasteiger partial charge on any atom is 0.188 e. The summed E-state index contributed by atoms with van der Waals surface area (Å²) in [6.45, 7) is 6.37. The van der Waals surface area contributed by atoms with Gasteiger partial charge in [0.25, 0.3) is 0 Å². The second-order valence-corrected chi connectivity index (χ2v) is 4.55. The van der Waals surface area contributed by atoms with E-state index in [0.29, 0.717) is 5.92 Å². The van der Waals surface area contributed by atoms with E-state index in [0.717, 1.165) is 30.2 Å². The van der Waals surface area contributed by atoms with E-state index in [2.05, 4.69) is 19.2 Å². The van der Waals surface area contributed by atoms with Crippen LogP contribution in [0.1, 0.15) is 19.4 Å². The van der Waals surface area contributed by atoms with Crippen LogP contribution >= 0.6 is 0 Å². The summed E-state index contributed by atoms with van der Waals surface area (Å²) in [4.78, 5) is 0. The monoisotopic (exact) mass is 253 g/mol. The van der Waals surface area contributed by atoms with E-state index in [1.807, 2.05) is 18.2 Å². The Hall–Kier alpha value is -1.26. The molecule has 0 unspecified atom stereocenters. The number of hydrogen-bond donors (Lipinski definition) is 1. The minimum atomic E-state index is 0.240. The molecule has 0 atom stereocenters. The first-order valence-corrected chi connectivity index (χ1v) is 6.16. The summed E-state index contributed by atoms with van der Waals surface area (Å²) in [6, 6.07) is 5.83. The van der Waals surface area contributed by atoms with Gasteiger partial charge in [0.2, 0.25) is 0 Å². The van der Waals surface area contributed by atoms with Crippen LogP contribution in [-0.2, 0) is 11.3 Å². The lowest BCUT2D eigenvalue weighted by molar-refractivity contribution is 0.0502. The molecule has 1 N–H and O–H groups in total. The van der Waals surface area contributed by atoms with Crippen molar-refractivity contribution in [3.8, 4) is 11.5 Å². The lowest BCUT2D eigenvalue weighted by Gasteiger charge is -2.13. The van der Waals surface area contributed by atoms with Crippen molar-refractivity contribution in [3.63, 3.8) is 0 Å². The van der Waals surface area contributed by atoms with E-state index in [4.69, 9.17) is 14.2 Å². The molecule has 0 aromatic heterocycles. The van der Waals surface area contributed by atoms with Crippen LogP contribution in [0, 0.1) is 5.92 Å². The summed E-state index contributed by atoms with van der Waals surface area (Å²) in [5.41, 5.74) is 1.11. The fourth-order valence-corrected chi connectivity index (χ4v) is 1.56. The van der Waals surface area contributed by atoms with E-state index in [1.165, 1.54) is 0 Å². The smallest absolute Gasteiger partial charge is 0.188 e. The molecule has 1 rings (SSSR count). The highest BCUT2D eigenvalue weighted by molar-refractivity contribution is 5.40. The molecular weight excluding hydrogens is 230 g/mol. The third kappa shape index (κ3) is 4.94. The maximum absolute atomic E-state index is 5.54. The van der Waals surface area contributed by atoms with Gasteiger partial charge in [0.05, 0.1) is 7.11 Å². The largest absolute Gasteiger partial charge is 0.497 e. The lowest BCUT2D eigenvalue weighted by atomic mass is 10.1. The van der Waals surface area contributed by atoms with Gasteiger partial charge in [-0.25, -0.2) is 0 Å². The molecule has 0 heterocycles. The molecular formula is C14H23NO3. The predicted molar refractivity (Wildman–Crippen MR) is 72.0 cm³/mol. The Morgan fingerprint density at radius 1 is 1.22 bits per heavy atom. The Balaban J connectivity index is 2.68. The number of methoxy groups -OCH3 is 2. The van der Waals surface area contributed by atoms with Crippen LogP contribution in [0.15, 0.2) is 18.2 Å². The third-order valence-electron chi connectivity index (χ3n) is 2.47. The van der Waals surface area contributed by atoms with Gasteiger partial charge in [-0.1, -0.05) is 19.9 Å². The first kappa shape index (κ1) is 14.8. The molecule has 18 heavy (non-hydrogen) atoms. The molecule has 0 spiro atoms. The molecule has 0 aliphatic rings. The summed E-state index contributed by atoms with van der Waals surface area (Å²) >= 11 is 0. The van der Waals surface area contributed by atoms with Gasteiger partial charge in [0, 0.05) is 25.3 Å². The first-order valence-electron chi connectivity index (χ1n) is 6.16. The molecule has 0 amide bonds. The fraction of sp³-hybridized carbons (Fsp3) is 0.571. The highest BCUT2D eigenvalue weighted by Crippen LogP contribution is 2.24. The van der Waals surface area contributed by atoms with Gasteiger partial charge in [-0.05, 0) is 18.5 Å². The van der Waals surface area contributed by atoms with Crippen molar-refractivity contribution in [1.29, 1.82) is 0 Å². The quantitative estimate of drug-likeness (QED) is 0.722. The second kappa shape index (κ2) is 7.95. The molecule has 0 saturated heterocycles. The van der Waals surface area contributed by atoms with Gasteiger partial charge in [0.1, 0.15) is 11.5 Å². The van der Waals surface area contributed by atoms with Crippen LogP contribution in [0.4, 0.5) is 0 Å². The third-order valence-corrected chi connectivity index (χ3v) is 2.47. The normalized spacial score (nSPS) is 10.7. The molecule has 0 saturated carbocycles. The van der Waals surface area contributed by atoms with Crippen molar-refractivity contribution in [2.45, 2.75) is 20.4 Å². The van der Waals surface area contributed by atoms with Crippen LogP contribution in [0.3, 0.4) is 0 Å². The lowest BCUT2D eigenvalue weighted by Crippen LogP contribution is -2.19. The van der Waals surface area contributed by atoms with E-state index >= 15 is 0 Å². The van der Waals surface area contributed by atoms with Crippen molar-refractivity contribution in [3.05, 3.63) is 23.8 Å². The maximum atomic E-state index is 5.54. The van der Waals surface area contributed by atoms with E-state index in [9.17, 15) is 0 Å². The minimum Gasteiger partial charge on any atom is -0.497 e. The molecule has 0 fully saturated rings. The number of hydrogen-bond acceptors (Lipinski definition) is 4. The van der Waals surface area contributed by atoms with Crippen LogP contribution < -0.4 is 14.8 Å². The van der Waals surface area contributed by atoms with Gasteiger partial charge in [-0.3, -0.25) is 0 Å². The van der Waals surface area contributed by atoms with Crippen molar-refractivity contribution >= 4 is 0 Å². The van der Waals surface area contributed by atoms with Gasteiger partial charge in [-0.2, -0.15) is 0 Å². The SMILES string of the molecule is COCOc1cc(OC)ccc1CNCC(C)C. The first-order chi connectivity index (χ1) is 8.67. The Kier molecular flexibility index (Phi) is 6.54. The molecule has 1 aromatic carbocycles. The van der Waals surface area contributed by atoms with Crippen molar-refractivity contribution in [2.75, 3.05) is 27.6 Å². The van der Waals surface area contributed by atoms with Crippen LogP contribution in [0.5, 0.6) is 11.5 Å². The van der Waals surface area contributed by atoms with E-state index < -0.39 is 0 Å². The van der Waals surface area contributed by atoms with Gasteiger partial charge in [0.15, 0.2) is 6.79 Å². The summed E-state index contributed by atoms with van der Waals surface area (Å²) in [7, 11) is 3.25. The Morgan fingerprint density at radius 2 is 2.00 bits per heavy atom. The highest BCUT2D eigenvalue weighted by atomic mass is 16.7. The van der Waals surface area contributed by atoms with Crippen molar-refractivity contribution in [2.24, 2.45) is 5.92 Å². The summed E-state index contributed by atoms with van der Waals surface area (Å²) < 4.78 is 15.7. The molecule has 0 bridgehead atoms. The van der Waals surface area contributed by atoms with Crippen LogP contribution in [0.25, 0.3) is 0 Å². The molecule has 4 nitrogen and oxygen atoms in total. The van der Waals surface area contributed by atoms with Gasteiger partial charge >= 0.3 is 0 Å². The molecule has 1 aromatic rings. The standard InChI is InChI=1S/C14H23NO3/c1-11(2)8-15-9-12-5-6-13(17-4)7-14(12)18-10-16-3/h5-7,11,15H,8-10H2,1-4H3. The molecule has 0 aliphatic carbocycles. The zero-order valence-electron chi connectivity index (χ0n) is 11.7. The zero-order chi connectivity index (χ0) is 13.4. The number of nitrogens with one attached hydrogen (secondary N) is 1. The van der Waals surface area contributed by atoms with Crippen molar-refractivity contribution in [1.82, 2.24) is 5.32 Å². The van der Waals surface area contributed by atoms with Crippen LogP contribution in [-0.4, -0.2) is 27.6 Å². The Morgan fingerprint density at radius 3 is 2.61 bits per heavy atom. The average molecular weight is 253 g/mol. The highest BCUT2D eigenvalue weighted by Gasteiger charge is 2.06. The fourth-order valence-electron chi connectivity index (χ4n) is 1.56. The topological polar surface area (TPSA) is 39.7 Å². The number of ether oxygens (including phenoxy) is 3. The summed E-state index contributed by atoms with van der Waals surface area (Å²) in [5.74, 6) is 2.22. The van der Waals surface area contributed by atoms with Crippen molar-refractivity contribution < 1.29 is 14.2 Å². The average Bonchev–Trinajstić information content (AvgIpc) is 2.36. The van der Waals surface area contributed by atoms with E-state index in [1.54, 1.807) is 14.2 Å². The Bertz CT molecular complexity index is 353. The summed E-state index contributed by atoms with van der Waals surface area (Å²) in [6.07, 6.45) is 0. The minimum absolute atomic E-state index is 0.240. The zero-order valence-corrected chi connectivity index (χ0v) is 11.7. The molecule has 4 heteroatoms. The van der Waals surface area contributed by atoms with Gasteiger partial charge < -0.3 is 19.5 Å². The summed E-state index contributed by atoms with van der Waals surface area (Å²) in [5, 5.41) is 3.39. The Labute approximate surface area is 109 Å². The van der Waals surface area contributed by atoms with Gasteiger partial charge in [-0.15, -0.1) is 0 Å². The predicted octanol–water partition coefficient (Wildman–Crippen LogP) is 2.42. The molecule has 0 aliphatic heterocycles. The number of rotatable bonds is 8. The molecule has 102 valence electrons. The number of benzene rings is 1. The second-order valence-electron chi connectivity index (χ2n) is 4.55.